The van der Waals surface area contributed by atoms with E-state index in [0.29, 0.717) is 28.8 Å². The summed E-state index contributed by atoms with van der Waals surface area (Å²) in [6.07, 6.45) is -0.775. The summed E-state index contributed by atoms with van der Waals surface area (Å²) >= 11 is 11.7. The Hall–Kier alpha value is -0.320. The average molecular weight is 265 g/mol. The lowest BCUT2D eigenvalue weighted by molar-refractivity contribution is 0.0126. The van der Waals surface area contributed by atoms with Crippen molar-refractivity contribution in [2.24, 2.45) is 0 Å². The van der Waals surface area contributed by atoms with Crippen LogP contribution in [0.15, 0.2) is 18.2 Å². The van der Waals surface area contributed by atoms with Crippen LogP contribution in [-0.4, -0.2) is 32.0 Å². The standard InChI is InChI=1S/C11H14Cl2O3/c1-15-4-5-16-7-11(14)9-6-8(12)2-3-10(9)13/h2-3,6,11,14H,4-5,7H2,1H3. The van der Waals surface area contributed by atoms with Gasteiger partial charge in [-0.2, -0.15) is 0 Å². The van der Waals surface area contributed by atoms with Gasteiger partial charge in [0.25, 0.3) is 0 Å². The van der Waals surface area contributed by atoms with E-state index in [0.717, 1.165) is 0 Å². The molecule has 0 heterocycles. The van der Waals surface area contributed by atoms with Crippen LogP contribution in [0.5, 0.6) is 0 Å². The fraction of sp³-hybridized carbons (Fsp3) is 0.455. The molecule has 90 valence electrons. The van der Waals surface area contributed by atoms with Gasteiger partial charge in [0.2, 0.25) is 0 Å². The molecule has 1 unspecified atom stereocenters. The highest BCUT2D eigenvalue weighted by Gasteiger charge is 2.12. The molecular formula is C11H14Cl2O3. The quantitative estimate of drug-likeness (QED) is 0.804. The highest BCUT2D eigenvalue weighted by molar-refractivity contribution is 6.33. The molecule has 0 amide bonds. The molecule has 0 spiro atoms. The average Bonchev–Trinajstić information content (AvgIpc) is 2.27. The lowest BCUT2D eigenvalue weighted by Crippen LogP contribution is -2.10. The lowest BCUT2D eigenvalue weighted by Gasteiger charge is -2.13. The number of hydrogen-bond acceptors (Lipinski definition) is 3. The van der Waals surface area contributed by atoms with Gasteiger partial charge in [0.1, 0.15) is 6.10 Å². The maximum Gasteiger partial charge on any atom is 0.104 e. The molecule has 16 heavy (non-hydrogen) atoms. The topological polar surface area (TPSA) is 38.7 Å². The predicted octanol–water partition coefficient (Wildman–Crippen LogP) is 2.69. The number of halogens is 2. The van der Waals surface area contributed by atoms with Crippen LogP contribution >= 0.6 is 23.2 Å². The Labute approximate surface area is 105 Å². The van der Waals surface area contributed by atoms with Gasteiger partial charge in [-0.05, 0) is 18.2 Å². The minimum Gasteiger partial charge on any atom is -0.386 e. The van der Waals surface area contributed by atoms with E-state index < -0.39 is 6.10 Å². The minimum atomic E-state index is -0.775. The third-order valence-corrected chi connectivity index (χ3v) is 2.60. The zero-order chi connectivity index (χ0) is 12.0. The molecule has 0 saturated heterocycles. The Morgan fingerprint density at radius 3 is 2.75 bits per heavy atom. The third kappa shape index (κ3) is 4.28. The second-order valence-electron chi connectivity index (χ2n) is 3.25. The Bertz CT molecular complexity index is 331. The normalized spacial score (nSPS) is 12.8. The van der Waals surface area contributed by atoms with Crippen molar-refractivity contribution < 1.29 is 14.6 Å². The van der Waals surface area contributed by atoms with Gasteiger partial charge in [-0.15, -0.1) is 0 Å². The molecule has 0 saturated carbocycles. The fourth-order valence-electron chi connectivity index (χ4n) is 1.20. The van der Waals surface area contributed by atoms with Crippen molar-refractivity contribution >= 4 is 23.2 Å². The second kappa shape index (κ2) is 7.09. The number of hydrogen-bond donors (Lipinski definition) is 1. The summed E-state index contributed by atoms with van der Waals surface area (Å²) in [4.78, 5) is 0. The Morgan fingerprint density at radius 2 is 2.06 bits per heavy atom. The number of aliphatic hydroxyl groups is 1. The van der Waals surface area contributed by atoms with Gasteiger partial charge in [0.15, 0.2) is 0 Å². The molecule has 0 aliphatic carbocycles. The van der Waals surface area contributed by atoms with Crippen molar-refractivity contribution in [3.05, 3.63) is 33.8 Å². The van der Waals surface area contributed by atoms with E-state index in [4.69, 9.17) is 32.7 Å². The van der Waals surface area contributed by atoms with Gasteiger partial charge >= 0.3 is 0 Å². The van der Waals surface area contributed by atoms with Gasteiger partial charge in [-0.3, -0.25) is 0 Å². The lowest BCUT2D eigenvalue weighted by atomic mass is 10.1. The summed E-state index contributed by atoms with van der Waals surface area (Å²) in [7, 11) is 1.59. The first kappa shape index (κ1) is 13.7. The molecule has 0 fully saturated rings. The van der Waals surface area contributed by atoms with Gasteiger partial charge in [-0.25, -0.2) is 0 Å². The van der Waals surface area contributed by atoms with Crippen LogP contribution in [0, 0.1) is 0 Å². The molecule has 1 atom stereocenters. The smallest absolute Gasteiger partial charge is 0.104 e. The fourth-order valence-corrected chi connectivity index (χ4v) is 1.62. The predicted molar refractivity (Wildman–Crippen MR) is 64.1 cm³/mol. The molecule has 0 aromatic heterocycles. The summed E-state index contributed by atoms with van der Waals surface area (Å²) in [5.74, 6) is 0. The van der Waals surface area contributed by atoms with Crippen molar-refractivity contribution in [3.8, 4) is 0 Å². The van der Waals surface area contributed by atoms with Crippen LogP contribution in [0.2, 0.25) is 10.0 Å². The van der Waals surface area contributed by atoms with Crippen LogP contribution in [0.3, 0.4) is 0 Å². The van der Waals surface area contributed by atoms with Gasteiger partial charge in [-0.1, -0.05) is 23.2 Å². The molecule has 0 aliphatic rings. The minimum absolute atomic E-state index is 0.170. The van der Waals surface area contributed by atoms with E-state index in [9.17, 15) is 5.11 Å². The van der Waals surface area contributed by atoms with Crippen LogP contribution in [-0.2, 0) is 9.47 Å². The summed E-state index contributed by atoms with van der Waals surface area (Å²) in [5.41, 5.74) is 0.576. The van der Waals surface area contributed by atoms with E-state index in [2.05, 4.69) is 0 Å². The molecule has 0 aliphatic heterocycles. The molecule has 0 bridgehead atoms. The van der Waals surface area contributed by atoms with E-state index in [1.165, 1.54) is 0 Å². The number of methoxy groups -OCH3 is 1. The Kier molecular flexibility index (Phi) is 6.09. The van der Waals surface area contributed by atoms with E-state index in [1.54, 1.807) is 25.3 Å². The summed E-state index contributed by atoms with van der Waals surface area (Å²) < 4.78 is 10.0. The highest BCUT2D eigenvalue weighted by atomic mass is 35.5. The number of aliphatic hydroxyl groups excluding tert-OH is 1. The van der Waals surface area contributed by atoms with Gasteiger partial charge in [0.05, 0.1) is 19.8 Å². The first-order valence-corrected chi connectivity index (χ1v) is 5.60. The van der Waals surface area contributed by atoms with Crippen LogP contribution < -0.4 is 0 Å². The van der Waals surface area contributed by atoms with E-state index >= 15 is 0 Å². The second-order valence-corrected chi connectivity index (χ2v) is 4.09. The van der Waals surface area contributed by atoms with Crippen molar-refractivity contribution in [2.45, 2.75) is 6.10 Å². The van der Waals surface area contributed by atoms with Gasteiger partial charge in [0, 0.05) is 22.7 Å². The van der Waals surface area contributed by atoms with E-state index in [1.807, 2.05) is 0 Å². The van der Waals surface area contributed by atoms with E-state index in [-0.39, 0.29) is 6.61 Å². The van der Waals surface area contributed by atoms with Crippen molar-refractivity contribution in [1.29, 1.82) is 0 Å². The highest BCUT2D eigenvalue weighted by Crippen LogP contribution is 2.26. The zero-order valence-corrected chi connectivity index (χ0v) is 10.5. The number of ether oxygens (including phenoxy) is 2. The summed E-state index contributed by atoms with van der Waals surface area (Å²) in [6, 6.07) is 4.96. The first-order chi connectivity index (χ1) is 7.65. The SMILES string of the molecule is COCCOCC(O)c1cc(Cl)ccc1Cl. The van der Waals surface area contributed by atoms with Crippen molar-refractivity contribution in [2.75, 3.05) is 26.9 Å². The zero-order valence-electron chi connectivity index (χ0n) is 8.95. The molecule has 3 nitrogen and oxygen atoms in total. The van der Waals surface area contributed by atoms with Gasteiger partial charge < -0.3 is 14.6 Å². The first-order valence-electron chi connectivity index (χ1n) is 4.85. The largest absolute Gasteiger partial charge is 0.386 e. The van der Waals surface area contributed by atoms with Crippen LogP contribution in [0.1, 0.15) is 11.7 Å². The molecule has 1 N–H and O–H groups in total. The molecule has 1 rings (SSSR count). The maximum atomic E-state index is 9.82. The molecule has 1 aromatic rings. The number of rotatable bonds is 6. The maximum absolute atomic E-state index is 9.82. The molecular weight excluding hydrogens is 251 g/mol. The van der Waals surface area contributed by atoms with Crippen LogP contribution in [0.25, 0.3) is 0 Å². The molecule has 5 heteroatoms. The summed E-state index contributed by atoms with van der Waals surface area (Å²) in [6.45, 7) is 1.10. The Balaban J connectivity index is 2.51. The van der Waals surface area contributed by atoms with Crippen molar-refractivity contribution in [3.63, 3.8) is 0 Å². The van der Waals surface area contributed by atoms with Crippen LogP contribution in [0.4, 0.5) is 0 Å². The molecule has 0 radical (unpaired) electrons. The Morgan fingerprint density at radius 1 is 1.31 bits per heavy atom. The summed E-state index contributed by atoms with van der Waals surface area (Å²) in [5, 5.41) is 10.8. The monoisotopic (exact) mass is 264 g/mol. The third-order valence-electron chi connectivity index (χ3n) is 2.02. The molecule has 1 aromatic carbocycles. The van der Waals surface area contributed by atoms with Crippen molar-refractivity contribution in [1.82, 2.24) is 0 Å². The number of benzene rings is 1.